The second-order valence-electron chi connectivity index (χ2n) is 5.79. The fourth-order valence-corrected chi connectivity index (χ4v) is 4.33. The number of aromatic nitrogens is 4. The Morgan fingerprint density at radius 3 is 2.56 bits per heavy atom. The van der Waals surface area contributed by atoms with Gasteiger partial charge in [0.15, 0.2) is 4.34 Å². The van der Waals surface area contributed by atoms with Crippen molar-refractivity contribution in [2.75, 3.05) is 5.32 Å². The van der Waals surface area contributed by atoms with Crippen LogP contribution >= 0.6 is 23.1 Å². The normalized spacial score (nSPS) is 12.0. The Bertz CT molecular complexity index is 988. The molecular weight excluding hydrogens is 378 g/mol. The summed E-state index contributed by atoms with van der Waals surface area (Å²) < 4.78 is 6.28. The molecule has 27 heavy (non-hydrogen) atoms. The zero-order valence-corrected chi connectivity index (χ0v) is 16.2. The topological polar surface area (TPSA) is 76.7 Å². The smallest absolute Gasteiger partial charge is 0.240 e. The monoisotopic (exact) mass is 395 g/mol. The Kier molecular flexibility index (Phi) is 5.45. The molecule has 0 amide bonds. The molecule has 136 valence electrons. The molecule has 8 heteroatoms. The minimum atomic E-state index is -0.00937. The first-order chi connectivity index (χ1) is 13.3. The average Bonchev–Trinajstić information content (AvgIpc) is 3.38. The molecular formula is C19H17N5OS2. The van der Waals surface area contributed by atoms with Crippen LogP contribution in [0.3, 0.4) is 0 Å². The van der Waals surface area contributed by atoms with E-state index < -0.39 is 0 Å². The van der Waals surface area contributed by atoms with Gasteiger partial charge in [-0.25, -0.2) is 0 Å². The molecule has 0 bridgehead atoms. The van der Waals surface area contributed by atoms with Gasteiger partial charge in [-0.3, -0.25) is 0 Å². The van der Waals surface area contributed by atoms with Gasteiger partial charge in [-0.15, -0.1) is 10.2 Å². The van der Waals surface area contributed by atoms with E-state index in [0.29, 0.717) is 11.7 Å². The molecule has 0 aliphatic rings. The summed E-state index contributed by atoms with van der Waals surface area (Å²) in [6, 6.07) is 20.0. The lowest BCUT2D eigenvalue weighted by molar-refractivity contribution is 0.381. The predicted octanol–water partition coefficient (Wildman–Crippen LogP) is 5.05. The molecule has 4 aromatic rings. The molecule has 0 saturated heterocycles. The van der Waals surface area contributed by atoms with Crippen LogP contribution in [0.2, 0.25) is 0 Å². The van der Waals surface area contributed by atoms with Crippen LogP contribution in [0.15, 0.2) is 69.5 Å². The molecule has 0 spiro atoms. The maximum atomic E-state index is 5.42. The van der Waals surface area contributed by atoms with Gasteiger partial charge in [-0.1, -0.05) is 88.9 Å². The summed E-state index contributed by atoms with van der Waals surface area (Å²) in [5, 5.41) is 16.6. The van der Waals surface area contributed by atoms with E-state index in [1.54, 1.807) is 11.8 Å². The van der Waals surface area contributed by atoms with Crippen molar-refractivity contribution < 1.29 is 4.52 Å². The van der Waals surface area contributed by atoms with Crippen LogP contribution in [0.5, 0.6) is 0 Å². The minimum Gasteiger partial charge on any atom is -0.356 e. The lowest BCUT2D eigenvalue weighted by atomic mass is 10.2. The third-order valence-electron chi connectivity index (χ3n) is 3.79. The van der Waals surface area contributed by atoms with Crippen LogP contribution in [0.25, 0.3) is 11.4 Å². The highest BCUT2D eigenvalue weighted by molar-refractivity contribution is 8.01. The van der Waals surface area contributed by atoms with E-state index in [1.807, 2.05) is 55.5 Å². The quantitative estimate of drug-likeness (QED) is 0.439. The van der Waals surface area contributed by atoms with Gasteiger partial charge in [-0.2, -0.15) is 4.98 Å². The number of benzene rings is 2. The molecule has 0 saturated carbocycles. The molecule has 1 N–H and O–H groups in total. The van der Waals surface area contributed by atoms with E-state index in [-0.39, 0.29) is 5.25 Å². The molecule has 1 unspecified atom stereocenters. The summed E-state index contributed by atoms with van der Waals surface area (Å²) in [6.07, 6.45) is 0. The molecule has 0 aliphatic heterocycles. The molecule has 1 atom stereocenters. The lowest BCUT2D eigenvalue weighted by Gasteiger charge is -2.02. The fourth-order valence-electron chi connectivity index (χ4n) is 2.41. The van der Waals surface area contributed by atoms with E-state index in [9.17, 15) is 0 Å². The Labute approximate surface area is 165 Å². The molecule has 0 fully saturated rings. The minimum absolute atomic E-state index is 0.00937. The largest absolute Gasteiger partial charge is 0.356 e. The Morgan fingerprint density at radius 1 is 1.04 bits per heavy atom. The number of hydrogen-bond donors (Lipinski definition) is 1. The van der Waals surface area contributed by atoms with Gasteiger partial charge in [0, 0.05) is 12.1 Å². The Balaban J connectivity index is 1.37. The van der Waals surface area contributed by atoms with Crippen molar-refractivity contribution in [1.82, 2.24) is 20.3 Å². The SMILES string of the molecule is CC(Sc1nnc(NCc2ccccc2)s1)c1nc(-c2ccccc2)no1. The molecule has 0 radical (unpaired) electrons. The molecule has 6 nitrogen and oxygen atoms in total. The number of thioether (sulfide) groups is 1. The van der Waals surface area contributed by atoms with E-state index in [0.717, 1.165) is 21.6 Å². The van der Waals surface area contributed by atoms with Gasteiger partial charge in [-0.05, 0) is 12.5 Å². The Hall–Kier alpha value is -2.71. The van der Waals surface area contributed by atoms with E-state index in [4.69, 9.17) is 4.52 Å². The van der Waals surface area contributed by atoms with E-state index in [2.05, 4.69) is 37.8 Å². The summed E-state index contributed by atoms with van der Waals surface area (Å²) in [7, 11) is 0. The van der Waals surface area contributed by atoms with Crippen molar-refractivity contribution in [3.8, 4) is 11.4 Å². The van der Waals surface area contributed by atoms with Crippen LogP contribution in [0.1, 0.15) is 23.6 Å². The number of hydrogen-bond acceptors (Lipinski definition) is 8. The number of nitrogens with zero attached hydrogens (tertiary/aromatic N) is 4. The fraction of sp³-hybridized carbons (Fsp3) is 0.158. The van der Waals surface area contributed by atoms with Crippen molar-refractivity contribution >= 4 is 28.2 Å². The van der Waals surface area contributed by atoms with E-state index >= 15 is 0 Å². The highest BCUT2D eigenvalue weighted by Crippen LogP contribution is 2.37. The summed E-state index contributed by atoms with van der Waals surface area (Å²) in [5.74, 6) is 1.17. The first-order valence-corrected chi connectivity index (χ1v) is 10.1. The van der Waals surface area contributed by atoms with Gasteiger partial charge < -0.3 is 9.84 Å². The standard InChI is InChI=1S/C19H17N5OS2/c1-13(17-21-16(24-25-17)15-10-6-3-7-11-15)26-19-23-22-18(27-19)20-12-14-8-4-2-5-9-14/h2-11,13H,12H2,1H3,(H,20,22). The molecule has 2 aromatic carbocycles. The first kappa shape index (κ1) is 17.7. The first-order valence-electron chi connectivity index (χ1n) is 8.45. The van der Waals surface area contributed by atoms with Crippen molar-refractivity contribution in [3.63, 3.8) is 0 Å². The second kappa shape index (κ2) is 8.32. The summed E-state index contributed by atoms with van der Waals surface area (Å²) in [6.45, 7) is 2.74. The molecule has 2 aromatic heterocycles. The zero-order chi connectivity index (χ0) is 18.5. The summed E-state index contributed by atoms with van der Waals surface area (Å²) in [4.78, 5) is 4.50. The maximum absolute atomic E-state index is 5.42. The van der Waals surface area contributed by atoms with Gasteiger partial charge in [0.05, 0.1) is 5.25 Å². The Morgan fingerprint density at radius 2 is 1.78 bits per heavy atom. The highest BCUT2D eigenvalue weighted by Gasteiger charge is 2.18. The maximum Gasteiger partial charge on any atom is 0.240 e. The van der Waals surface area contributed by atoms with Gasteiger partial charge in [0.25, 0.3) is 0 Å². The van der Waals surface area contributed by atoms with Crippen LogP contribution in [0.4, 0.5) is 5.13 Å². The van der Waals surface area contributed by atoms with Crippen molar-refractivity contribution in [2.45, 2.75) is 23.1 Å². The van der Waals surface area contributed by atoms with Gasteiger partial charge in [0.1, 0.15) is 0 Å². The number of anilines is 1. The van der Waals surface area contributed by atoms with Crippen LogP contribution in [-0.2, 0) is 6.54 Å². The van der Waals surface area contributed by atoms with Crippen LogP contribution < -0.4 is 5.32 Å². The van der Waals surface area contributed by atoms with Crippen molar-refractivity contribution in [1.29, 1.82) is 0 Å². The van der Waals surface area contributed by atoms with E-state index in [1.165, 1.54) is 16.9 Å². The van der Waals surface area contributed by atoms with Crippen LogP contribution in [-0.4, -0.2) is 20.3 Å². The molecule has 0 aliphatic carbocycles. The molecule has 4 rings (SSSR count). The number of nitrogens with one attached hydrogen (secondary N) is 1. The lowest BCUT2D eigenvalue weighted by Crippen LogP contribution is -1.98. The van der Waals surface area contributed by atoms with Crippen molar-refractivity contribution in [3.05, 3.63) is 72.1 Å². The van der Waals surface area contributed by atoms with Crippen LogP contribution in [0, 0.1) is 0 Å². The molecule has 2 heterocycles. The average molecular weight is 396 g/mol. The number of rotatable bonds is 7. The zero-order valence-electron chi connectivity index (χ0n) is 14.6. The summed E-state index contributed by atoms with van der Waals surface area (Å²) in [5.41, 5.74) is 2.14. The van der Waals surface area contributed by atoms with Crippen molar-refractivity contribution in [2.24, 2.45) is 0 Å². The van der Waals surface area contributed by atoms with Gasteiger partial charge in [0.2, 0.25) is 16.8 Å². The van der Waals surface area contributed by atoms with Gasteiger partial charge >= 0.3 is 0 Å². The predicted molar refractivity (Wildman–Crippen MR) is 108 cm³/mol. The second-order valence-corrected chi connectivity index (χ2v) is 8.36. The highest BCUT2D eigenvalue weighted by atomic mass is 32.2. The third-order valence-corrected chi connectivity index (χ3v) is 5.84. The third kappa shape index (κ3) is 4.53. The summed E-state index contributed by atoms with van der Waals surface area (Å²) >= 11 is 3.07.